The standard InChI is InChI=1S/C23H21F3N2O6S/c1-32-16-10-13(11-17(33-2)19(16)34-3)12-18-21(30)28(22(31)35-18)9-8-27-20(29)14-6-4-5-7-15(14)23(24,25)26/h4-7,10-12H,8-9H2,1-3H3,(H,27,29). The first-order valence-corrected chi connectivity index (χ1v) is 10.9. The number of hydrogen-bond acceptors (Lipinski definition) is 7. The monoisotopic (exact) mass is 510 g/mol. The number of benzene rings is 2. The fourth-order valence-electron chi connectivity index (χ4n) is 3.33. The van der Waals surface area contributed by atoms with Gasteiger partial charge in [-0.25, -0.2) is 0 Å². The van der Waals surface area contributed by atoms with Gasteiger partial charge in [0, 0.05) is 13.1 Å². The second-order valence-electron chi connectivity index (χ2n) is 7.09. The predicted octanol–water partition coefficient (Wildman–Crippen LogP) is 4.20. The van der Waals surface area contributed by atoms with E-state index in [2.05, 4.69) is 5.32 Å². The number of alkyl halides is 3. The first kappa shape index (κ1) is 25.9. The number of rotatable bonds is 8. The molecule has 1 fully saturated rings. The Morgan fingerprint density at radius 2 is 1.69 bits per heavy atom. The molecule has 186 valence electrons. The zero-order chi connectivity index (χ0) is 25.8. The number of thioether (sulfide) groups is 1. The van der Waals surface area contributed by atoms with Crippen LogP contribution in [0, 0.1) is 0 Å². The van der Waals surface area contributed by atoms with Gasteiger partial charge in [-0.15, -0.1) is 0 Å². The van der Waals surface area contributed by atoms with E-state index < -0.39 is 34.4 Å². The van der Waals surface area contributed by atoms with Crippen LogP contribution in [0.5, 0.6) is 17.2 Å². The normalized spacial score (nSPS) is 14.9. The summed E-state index contributed by atoms with van der Waals surface area (Å²) >= 11 is 0.699. The Morgan fingerprint density at radius 1 is 1.06 bits per heavy atom. The zero-order valence-electron chi connectivity index (χ0n) is 18.9. The lowest BCUT2D eigenvalue weighted by Crippen LogP contribution is -2.37. The number of hydrogen-bond donors (Lipinski definition) is 1. The highest BCUT2D eigenvalue weighted by Gasteiger charge is 2.36. The molecule has 35 heavy (non-hydrogen) atoms. The summed E-state index contributed by atoms with van der Waals surface area (Å²) in [6, 6.07) is 7.56. The van der Waals surface area contributed by atoms with Crippen LogP contribution in [-0.4, -0.2) is 56.4 Å². The van der Waals surface area contributed by atoms with Crippen molar-refractivity contribution in [1.82, 2.24) is 10.2 Å². The number of nitrogens with one attached hydrogen (secondary N) is 1. The van der Waals surface area contributed by atoms with Gasteiger partial charge in [-0.3, -0.25) is 19.3 Å². The van der Waals surface area contributed by atoms with Crippen molar-refractivity contribution in [3.8, 4) is 17.2 Å². The molecule has 0 spiro atoms. The third kappa shape index (κ3) is 5.70. The average molecular weight is 510 g/mol. The summed E-state index contributed by atoms with van der Waals surface area (Å²) in [5.74, 6) is -0.474. The summed E-state index contributed by atoms with van der Waals surface area (Å²) in [5, 5.41) is 1.76. The maximum Gasteiger partial charge on any atom is 0.417 e. The number of amides is 3. The maximum atomic E-state index is 13.1. The highest BCUT2D eigenvalue weighted by Crippen LogP contribution is 2.40. The summed E-state index contributed by atoms with van der Waals surface area (Å²) in [4.78, 5) is 38.4. The lowest BCUT2D eigenvalue weighted by atomic mass is 10.1. The second kappa shape index (κ2) is 10.7. The van der Waals surface area contributed by atoms with E-state index in [1.54, 1.807) is 12.1 Å². The summed E-state index contributed by atoms with van der Waals surface area (Å²) in [6.45, 7) is -0.433. The van der Waals surface area contributed by atoms with Gasteiger partial charge < -0.3 is 19.5 Å². The molecule has 0 bridgehead atoms. The Labute approximate surface area is 203 Å². The fraction of sp³-hybridized carbons (Fsp3) is 0.261. The molecule has 8 nitrogen and oxygen atoms in total. The van der Waals surface area contributed by atoms with E-state index in [4.69, 9.17) is 14.2 Å². The molecule has 0 unspecified atom stereocenters. The summed E-state index contributed by atoms with van der Waals surface area (Å²) in [6.07, 6.45) is -3.22. The van der Waals surface area contributed by atoms with Crippen molar-refractivity contribution in [2.24, 2.45) is 0 Å². The fourth-order valence-corrected chi connectivity index (χ4v) is 4.20. The molecular weight excluding hydrogens is 489 g/mol. The number of nitrogens with zero attached hydrogens (tertiary/aromatic N) is 1. The van der Waals surface area contributed by atoms with Gasteiger partial charge in [0.1, 0.15) is 0 Å². The Morgan fingerprint density at radius 3 is 2.26 bits per heavy atom. The number of carbonyl (C=O) groups is 3. The first-order valence-electron chi connectivity index (χ1n) is 10.1. The minimum absolute atomic E-state index is 0.123. The summed E-state index contributed by atoms with van der Waals surface area (Å²) in [5.41, 5.74) is -1.10. The van der Waals surface area contributed by atoms with Crippen molar-refractivity contribution in [2.75, 3.05) is 34.4 Å². The molecule has 12 heteroatoms. The number of imide groups is 1. The Hall–Kier alpha value is -3.67. The Kier molecular flexibility index (Phi) is 7.95. The van der Waals surface area contributed by atoms with E-state index in [1.165, 1.54) is 39.5 Å². The van der Waals surface area contributed by atoms with Gasteiger partial charge in [-0.1, -0.05) is 12.1 Å². The quantitative estimate of drug-likeness (QED) is 0.532. The van der Waals surface area contributed by atoms with Gasteiger partial charge >= 0.3 is 6.18 Å². The van der Waals surface area contributed by atoms with Crippen molar-refractivity contribution in [2.45, 2.75) is 6.18 Å². The van der Waals surface area contributed by atoms with Gasteiger partial charge in [0.05, 0.1) is 37.4 Å². The zero-order valence-corrected chi connectivity index (χ0v) is 19.7. The van der Waals surface area contributed by atoms with Crippen LogP contribution in [0.15, 0.2) is 41.3 Å². The van der Waals surface area contributed by atoms with Crippen LogP contribution in [0.25, 0.3) is 6.08 Å². The molecule has 1 saturated heterocycles. The molecule has 3 amide bonds. The number of carbonyl (C=O) groups excluding carboxylic acids is 3. The SMILES string of the molecule is COc1cc(C=C2SC(=O)N(CCNC(=O)c3ccccc3C(F)(F)F)C2=O)cc(OC)c1OC. The van der Waals surface area contributed by atoms with Gasteiger partial charge in [0.25, 0.3) is 17.1 Å². The minimum Gasteiger partial charge on any atom is -0.493 e. The van der Waals surface area contributed by atoms with E-state index in [-0.39, 0.29) is 18.0 Å². The highest BCUT2D eigenvalue weighted by atomic mass is 32.2. The number of ether oxygens (including phenoxy) is 3. The summed E-state index contributed by atoms with van der Waals surface area (Å²) in [7, 11) is 4.33. The first-order chi connectivity index (χ1) is 16.6. The molecule has 1 aliphatic rings. The lowest BCUT2D eigenvalue weighted by molar-refractivity contribution is -0.138. The van der Waals surface area contributed by atoms with Gasteiger partial charge in [0.15, 0.2) is 11.5 Å². The van der Waals surface area contributed by atoms with Crippen LogP contribution in [-0.2, 0) is 11.0 Å². The van der Waals surface area contributed by atoms with Gasteiger partial charge in [0.2, 0.25) is 5.75 Å². The van der Waals surface area contributed by atoms with E-state index in [1.807, 2.05) is 0 Å². The Balaban J connectivity index is 1.71. The van der Waals surface area contributed by atoms with Crippen LogP contribution in [0.1, 0.15) is 21.5 Å². The van der Waals surface area contributed by atoms with E-state index >= 15 is 0 Å². The topological polar surface area (TPSA) is 94.2 Å². The average Bonchev–Trinajstić information content (AvgIpc) is 3.09. The third-order valence-electron chi connectivity index (χ3n) is 4.96. The van der Waals surface area contributed by atoms with Gasteiger partial charge in [-0.05, 0) is 47.7 Å². The molecule has 2 aromatic rings. The van der Waals surface area contributed by atoms with Crippen molar-refractivity contribution < 1.29 is 41.8 Å². The van der Waals surface area contributed by atoms with Crippen molar-refractivity contribution in [1.29, 1.82) is 0 Å². The van der Waals surface area contributed by atoms with Gasteiger partial charge in [-0.2, -0.15) is 13.2 Å². The van der Waals surface area contributed by atoms with E-state index in [0.717, 1.165) is 17.0 Å². The minimum atomic E-state index is -4.70. The molecule has 1 aliphatic heterocycles. The number of halogens is 3. The molecule has 1 N–H and O–H groups in total. The highest BCUT2D eigenvalue weighted by molar-refractivity contribution is 8.18. The van der Waals surface area contributed by atoms with Crippen LogP contribution in [0.3, 0.4) is 0 Å². The lowest BCUT2D eigenvalue weighted by Gasteiger charge is -2.15. The largest absolute Gasteiger partial charge is 0.493 e. The molecular formula is C23H21F3N2O6S. The van der Waals surface area contributed by atoms with E-state index in [9.17, 15) is 27.6 Å². The molecule has 2 aromatic carbocycles. The van der Waals surface area contributed by atoms with Crippen LogP contribution >= 0.6 is 11.8 Å². The maximum absolute atomic E-state index is 13.1. The molecule has 0 atom stereocenters. The van der Waals surface area contributed by atoms with Crippen molar-refractivity contribution in [3.05, 3.63) is 58.0 Å². The van der Waals surface area contributed by atoms with Crippen molar-refractivity contribution >= 4 is 34.9 Å². The molecule has 1 heterocycles. The van der Waals surface area contributed by atoms with Crippen LogP contribution in [0.4, 0.5) is 18.0 Å². The Bertz CT molecular complexity index is 1160. The molecule has 0 aliphatic carbocycles. The molecule has 0 aromatic heterocycles. The number of methoxy groups -OCH3 is 3. The summed E-state index contributed by atoms with van der Waals surface area (Å²) < 4.78 is 55.2. The van der Waals surface area contributed by atoms with Crippen LogP contribution < -0.4 is 19.5 Å². The predicted molar refractivity (Wildman–Crippen MR) is 123 cm³/mol. The molecule has 0 saturated carbocycles. The molecule has 3 rings (SSSR count). The van der Waals surface area contributed by atoms with Crippen LogP contribution in [0.2, 0.25) is 0 Å². The second-order valence-corrected chi connectivity index (χ2v) is 8.08. The molecule has 0 radical (unpaired) electrons. The van der Waals surface area contributed by atoms with Crippen molar-refractivity contribution in [3.63, 3.8) is 0 Å². The van der Waals surface area contributed by atoms with E-state index in [0.29, 0.717) is 34.6 Å². The third-order valence-corrected chi connectivity index (χ3v) is 5.86. The smallest absolute Gasteiger partial charge is 0.417 e.